The molecule has 1 aromatic carbocycles. The fourth-order valence-corrected chi connectivity index (χ4v) is 6.95. The molecule has 4 rings (SSSR count). The Morgan fingerprint density at radius 3 is 2.64 bits per heavy atom. The third-order valence-electron chi connectivity index (χ3n) is 6.92. The number of sulfonamides is 1. The maximum atomic E-state index is 12.8. The number of nitrogens with zero attached hydrogens (tertiary/aromatic N) is 1. The second kappa shape index (κ2) is 8.54. The summed E-state index contributed by atoms with van der Waals surface area (Å²) < 4.78 is 27.1. The van der Waals surface area contributed by atoms with Crippen LogP contribution in [0.5, 0.6) is 0 Å². The Labute approximate surface area is 168 Å². The van der Waals surface area contributed by atoms with Gasteiger partial charge < -0.3 is 5.32 Å². The van der Waals surface area contributed by atoms with Gasteiger partial charge in [0.15, 0.2) is 0 Å². The topological polar surface area (TPSA) is 66.5 Å². The van der Waals surface area contributed by atoms with Crippen LogP contribution in [0.25, 0.3) is 0 Å². The van der Waals surface area contributed by atoms with Crippen molar-refractivity contribution in [3.8, 4) is 0 Å². The van der Waals surface area contributed by atoms with E-state index in [1.807, 2.05) is 30.3 Å². The molecule has 5 nitrogen and oxygen atoms in total. The Bertz CT molecular complexity index is 780. The number of carbonyl (C=O) groups excluding carboxylic acids is 1. The lowest BCUT2D eigenvalue weighted by Gasteiger charge is -2.33. The summed E-state index contributed by atoms with van der Waals surface area (Å²) in [5, 5.41) is 3.26. The lowest BCUT2D eigenvalue weighted by molar-refractivity contribution is -0.127. The van der Waals surface area contributed by atoms with Crippen molar-refractivity contribution in [3.63, 3.8) is 0 Å². The second-order valence-corrected chi connectivity index (χ2v) is 11.0. The number of aryl methyl sites for hydroxylation is 1. The molecule has 1 N–H and O–H groups in total. The summed E-state index contributed by atoms with van der Waals surface area (Å²) in [6.45, 7) is 0.895. The summed E-state index contributed by atoms with van der Waals surface area (Å²) in [4.78, 5) is 12.8. The van der Waals surface area contributed by atoms with Gasteiger partial charge in [0.2, 0.25) is 15.9 Å². The van der Waals surface area contributed by atoms with E-state index in [1.54, 1.807) is 4.31 Å². The zero-order valence-electron chi connectivity index (χ0n) is 16.6. The van der Waals surface area contributed by atoms with Crippen molar-refractivity contribution in [2.75, 3.05) is 18.8 Å². The van der Waals surface area contributed by atoms with E-state index in [0.29, 0.717) is 31.5 Å². The van der Waals surface area contributed by atoms with Crippen molar-refractivity contribution in [3.05, 3.63) is 35.9 Å². The van der Waals surface area contributed by atoms with Gasteiger partial charge in [-0.15, -0.1) is 0 Å². The summed E-state index contributed by atoms with van der Waals surface area (Å²) in [5.41, 5.74) is 1.17. The molecule has 1 aliphatic heterocycles. The smallest absolute Gasteiger partial charge is 0.224 e. The Morgan fingerprint density at radius 1 is 1.11 bits per heavy atom. The number of hydrogen-bond donors (Lipinski definition) is 1. The van der Waals surface area contributed by atoms with Crippen molar-refractivity contribution >= 4 is 15.9 Å². The molecule has 2 bridgehead atoms. The van der Waals surface area contributed by atoms with E-state index in [-0.39, 0.29) is 17.6 Å². The van der Waals surface area contributed by atoms with Gasteiger partial charge in [0.05, 0.1) is 11.7 Å². The average molecular weight is 405 g/mol. The van der Waals surface area contributed by atoms with Gasteiger partial charge in [0.25, 0.3) is 0 Å². The largest absolute Gasteiger partial charge is 0.353 e. The van der Waals surface area contributed by atoms with E-state index < -0.39 is 10.0 Å². The molecule has 3 fully saturated rings. The quantitative estimate of drug-likeness (QED) is 0.760. The Morgan fingerprint density at radius 2 is 1.93 bits per heavy atom. The van der Waals surface area contributed by atoms with Crippen molar-refractivity contribution < 1.29 is 13.2 Å². The van der Waals surface area contributed by atoms with Gasteiger partial charge in [-0.2, -0.15) is 0 Å². The predicted molar refractivity (Wildman–Crippen MR) is 110 cm³/mol. The first-order valence-electron chi connectivity index (χ1n) is 10.8. The van der Waals surface area contributed by atoms with Gasteiger partial charge in [-0.1, -0.05) is 36.8 Å². The minimum Gasteiger partial charge on any atom is -0.353 e. The van der Waals surface area contributed by atoms with E-state index >= 15 is 0 Å². The van der Waals surface area contributed by atoms with Crippen LogP contribution in [0.3, 0.4) is 0 Å². The van der Waals surface area contributed by atoms with Gasteiger partial charge in [-0.3, -0.25) is 4.79 Å². The highest BCUT2D eigenvalue weighted by Gasteiger charge is 2.41. The van der Waals surface area contributed by atoms with Crippen LogP contribution < -0.4 is 5.32 Å². The second-order valence-electron chi connectivity index (χ2n) is 8.89. The highest BCUT2D eigenvalue weighted by atomic mass is 32.2. The lowest BCUT2D eigenvalue weighted by atomic mass is 9.93. The molecule has 6 heteroatoms. The number of hydrogen-bond acceptors (Lipinski definition) is 3. The molecule has 4 atom stereocenters. The summed E-state index contributed by atoms with van der Waals surface area (Å²) in [7, 11) is -3.30. The first kappa shape index (κ1) is 19.9. The summed E-state index contributed by atoms with van der Waals surface area (Å²) >= 11 is 0. The lowest BCUT2D eigenvalue weighted by Crippen LogP contribution is -2.49. The molecular weight excluding hydrogens is 372 g/mol. The molecule has 1 amide bonds. The minimum atomic E-state index is -3.30. The van der Waals surface area contributed by atoms with Crippen molar-refractivity contribution in [2.45, 2.75) is 57.4 Å². The Kier molecular flexibility index (Phi) is 6.07. The van der Waals surface area contributed by atoms with E-state index in [4.69, 9.17) is 0 Å². The third kappa shape index (κ3) is 4.60. The SMILES string of the molecule is O=C(N[C@@H]1C[C@@H]2CC[C@@H]1C2)[C@@H]1CCCN(S(=O)(=O)CCCc2ccccc2)C1. The normalized spacial score (nSPS) is 30.4. The molecule has 1 aromatic rings. The average Bonchev–Trinajstić information content (AvgIpc) is 3.32. The highest BCUT2D eigenvalue weighted by molar-refractivity contribution is 7.89. The number of carbonyl (C=O) groups is 1. The van der Waals surface area contributed by atoms with Crippen molar-refractivity contribution in [2.24, 2.45) is 17.8 Å². The van der Waals surface area contributed by atoms with Crippen LogP contribution in [0, 0.1) is 17.8 Å². The van der Waals surface area contributed by atoms with Crippen LogP contribution in [-0.4, -0.2) is 43.5 Å². The van der Waals surface area contributed by atoms with Crippen LogP contribution in [-0.2, 0) is 21.2 Å². The first-order chi connectivity index (χ1) is 13.5. The maximum absolute atomic E-state index is 12.8. The van der Waals surface area contributed by atoms with Gasteiger partial charge >= 0.3 is 0 Å². The van der Waals surface area contributed by atoms with Crippen LogP contribution in [0.4, 0.5) is 0 Å². The molecule has 0 spiro atoms. The van der Waals surface area contributed by atoms with Crippen LogP contribution in [0.1, 0.15) is 50.5 Å². The fourth-order valence-electron chi connectivity index (χ4n) is 5.36. The number of nitrogens with one attached hydrogen (secondary N) is 1. The number of rotatable bonds is 7. The third-order valence-corrected chi connectivity index (χ3v) is 8.85. The summed E-state index contributed by atoms with van der Waals surface area (Å²) in [5.74, 6) is 1.47. The van der Waals surface area contributed by atoms with E-state index in [2.05, 4.69) is 5.32 Å². The first-order valence-corrected chi connectivity index (χ1v) is 12.4. The Hall–Kier alpha value is -1.40. The zero-order chi connectivity index (χ0) is 19.6. The molecule has 3 aliphatic rings. The van der Waals surface area contributed by atoms with Gasteiger partial charge in [-0.05, 0) is 62.3 Å². The molecule has 28 heavy (non-hydrogen) atoms. The molecule has 1 heterocycles. The van der Waals surface area contributed by atoms with Crippen LogP contribution in [0.15, 0.2) is 30.3 Å². The van der Waals surface area contributed by atoms with Gasteiger partial charge in [0.1, 0.15) is 0 Å². The van der Waals surface area contributed by atoms with E-state index in [0.717, 1.165) is 31.6 Å². The number of piperidine rings is 1. The molecular formula is C22H32N2O3S. The molecule has 2 aliphatic carbocycles. The van der Waals surface area contributed by atoms with Crippen LogP contribution >= 0.6 is 0 Å². The van der Waals surface area contributed by atoms with Crippen molar-refractivity contribution in [1.82, 2.24) is 9.62 Å². The number of benzene rings is 1. The monoisotopic (exact) mass is 404 g/mol. The number of amides is 1. The predicted octanol–water partition coefficient (Wildman–Crippen LogP) is 2.97. The van der Waals surface area contributed by atoms with E-state index in [9.17, 15) is 13.2 Å². The van der Waals surface area contributed by atoms with Crippen LogP contribution in [0.2, 0.25) is 0 Å². The van der Waals surface area contributed by atoms with E-state index in [1.165, 1.54) is 24.8 Å². The maximum Gasteiger partial charge on any atom is 0.224 e. The molecule has 0 aromatic heterocycles. The molecule has 0 unspecified atom stereocenters. The standard InChI is InChI=1S/C22H32N2O3S/c25-22(23-21-15-18-10-11-19(21)14-18)20-9-4-12-24(16-20)28(26,27)13-5-8-17-6-2-1-3-7-17/h1-3,6-7,18-21H,4-5,8-16H2,(H,23,25)/t18-,19-,20-,21-/m1/s1. The Balaban J connectivity index is 1.28. The van der Waals surface area contributed by atoms with Gasteiger partial charge in [-0.25, -0.2) is 12.7 Å². The van der Waals surface area contributed by atoms with Crippen molar-refractivity contribution in [1.29, 1.82) is 0 Å². The molecule has 1 saturated heterocycles. The number of fused-ring (bicyclic) bond motifs is 2. The molecule has 2 saturated carbocycles. The van der Waals surface area contributed by atoms with Gasteiger partial charge in [0, 0.05) is 19.1 Å². The summed E-state index contributed by atoms with van der Waals surface area (Å²) in [6.07, 6.45) is 7.88. The molecule has 0 radical (unpaired) electrons. The fraction of sp³-hybridized carbons (Fsp3) is 0.682. The summed E-state index contributed by atoms with van der Waals surface area (Å²) in [6, 6.07) is 10.3. The zero-order valence-corrected chi connectivity index (χ0v) is 17.4. The minimum absolute atomic E-state index is 0.0711. The highest BCUT2D eigenvalue weighted by Crippen LogP contribution is 2.44. The molecule has 154 valence electrons.